The van der Waals surface area contributed by atoms with Crippen molar-refractivity contribution < 1.29 is 5.11 Å². The van der Waals surface area contributed by atoms with Gasteiger partial charge in [0.1, 0.15) is 0 Å². The van der Waals surface area contributed by atoms with E-state index in [0.717, 1.165) is 6.42 Å². The van der Waals surface area contributed by atoms with Crippen LogP contribution >= 0.6 is 0 Å². The van der Waals surface area contributed by atoms with Gasteiger partial charge in [-0.15, -0.1) is 0 Å². The summed E-state index contributed by atoms with van der Waals surface area (Å²) in [4.78, 5) is 0. The van der Waals surface area contributed by atoms with Crippen LogP contribution in [0.3, 0.4) is 0 Å². The smallest absolute Gasteiger partial charge is 0.0462 e. The molecule has 0 aromatic rings. The van der Waals surface area contributed by atoms with Crippen LogP contribution < -0.4 is 0 Å². The molecule has 0 unspecified atom stereocenters. The highest BCUT2D eigenvalue weighted by atomic mass is 16.2. The molecule has 0 atom stereocenters. The van der Waals surface area contributed by atoms with Crippen LogP contribution in [0.4, 0.5) is 0 Å². The molecule has 0 aromatic carbocycles. The first-order valence-electron chi connectivity index (χ1n) is 4.28. The van der Waals surface area contributed by atoms with Crippen molar-refractivity contribution >= 4 is 0 Å². The van der Waals surface area contributed by atoms with Crippen molar-refractivity contribution in [3.8, 4) is 6.57 Å². The average Bonchev–Trinajstić information content (AvgIpc) is 2.08. The number of aliphatic hydroxyl groups is 1. The molecule has 0 amide bonds. The van der Waals surface area contributed by atoms with Gasteiger partial charge in [-0.1, -0.05) is 39.0 Å². The molecule has 0 saturated carbocycles. The highest BCUT2D eigenvalue weighted by Crippen LogP contribution is 2.03. The molecule has 0 fully saturated rings. The molecular formula is C9H19NO. The molecule has 66 valence electrons. The fraction of sp³-hybridized carbons (Fsp3) is 0.889. The van der Waals surface area contributed by atoms with E-state index in [-0.39, 0.29) is 0 Å². The summed E-state index contributed by atoms with van der Waals surface area (Å²) in [5.41, 5.74) is 0. The van der Waals surface area contributed by atoms with E-state index in [4.69, 9.17) is 10.4 Å². The van der Waals surface area contributed by atoms with Gasteiger partial charge in [-0.25, -0.2) is 5.26 Å². The van der Waals surface area contributed by atoms with Crippen molar-refractivity contribution in [3.63, 3.8) is 0 Å². The zero-order valence-corrected chi connectivity index (χ0v) is 7.42. The second-order valence-electron chi connectivity index (χ2n) is 2.49. The summed E-state index contributed by atoms with van der Waals surface area (Å²) in [7, 11) is 0. The summed E-state index contributed by atoms with van der Waals surface area (Å²) in [6.45, 7) is 6.08. The molecule has 2 nitrogen and oxygen atoms in total. The second kappa shape index (κ2) is 16.2. The number of nitriles is 1. The number of hydrogen-bond donors (Lipinski definition) is 1. The Labute approximate surface area is 69.9 Å². The van der Waals surface area contributed by atoms with Crippen molar-refractivity contribution in [3.05, 3.63) is 0 Å². The standard InChI is InChI=1S/C8H18O.CHN/c1-2-3-4-5-6-7-8-9;1-2/h9H,2-8H2,1H3;1H. The van der Waals surface area contributed by atoms with Crippen LogP contribution in [-0.4, -0.2) is 11.7 Å². The molecule has 0 aliphatic heterocycles. The number of hydrogen-bond acceptors (Lipinski definition) is 2. The lowest BCUT2D eigenvalue weighted by Crippen LogP contribution is -1.82. The third-order valence-corrected chi connectivity index (χ3v) is 1.51. The summed E-state index contributed by atoms with van der Waals surface area (Å²) in [5.74, 6) is 0. The van der Waals surface area contributed by atoms with Gasteiger partial charge in [0.05, 0.1) is 0 Å². The van der Waals surface area contributed by atoms with E-state index >= 15 is 0 Å². The van der Waals surface area contributed by atoms with Gasteiger partial charge in [0.25, 0.3) is 0 Å². The summed E-state index contributed by atoms with van der Waals surface area (Å²) in [6.07, 6.45) is 7.50. The highest BCUT2D eigenvalue weighted by molar-refractivity contribution is 4.41. The molecule has 0 spiro atoms. The number of aliphatic hydroxyl groups excluding tert-OH is 1. The fourth-order valence-corrected chi connectivity index (χ4v) is 0.892. The molecule has 0 bridgehead atoms. The number of rotatable bonds is 6. The Balaban J connectivity index is 0. The molecule has 0 aromatic heterocycles. The van der Waals surface area contributed by atoms with Gasteiger partial charge in [0.15, 0.2) is 0 Å². The van der Waals surface area contributed by atoms with Gasteiger partial charge in [-0.2, -0.15) is 0 Å². The number of unbranched alkanes of at least 4 members (excludes halogenated alkanes) is 5. The van der Waals surface area contributed by atoms with Crippen molar-refractivity contribution in [1.82, 2.24) is 0 Å². The van der Waals surface area contributed by atoms with Crippen molar-refractivity contribution in [2.24, 2.45) is 0 Å². The average molecular weight is 157 g/mol. The first kappa shape index (κ1) is 13.1. The Morgan fingerprint density at radius 2 is 1.45 bits per heavy atom. The van der Waals surface area contributed by atoms with Crippen LogP contribution in [0.2, 0.25) is 0 Å². The lowest BCUT2D eigenvalue weighted by atomic mass is 10.1. The van der Waals surface area contributed by atoms with Crippen molar-refractivity contribution in [2.45, 2.75) is 45.4 Å². The quantitative estimate of drug-likeness (QED) is 0.602. The molecule has 0 rings (SSSR count). The van der Waals surface area contributed by atoms with Crippen LogP contribution in [0, 0.1) is 11.8 Å². The first-order chi connectivity index (χ1) is 5.41. The van der Waals surface area contributed by atoms with Crippen LogP contribution in [0.25, 0.3) is 0 Å². The summed E-state index contributed by atoms with van der Waals surface area (Å²) in [6, 6.07) is 0. The van der Waals surface area contributed by atoms with Gasteiger partial charge >= 0.3 is 0 Å². The second-order valence-corrected chi connectivity index (χ2v) is 2.49. The van der Waals surface area contributed by atoms with E-state index in [9.17, 15) is 0 Å². The Hall–Kier alpha value is -0.550. The van der Waals surface area contributed by atoms with Crippen LogP contribution in [0.5, 0.6) is 0 Å². The van der Waals surface area contributed by atoms with Crippen molar-refractivity contribution in [1.29, 1.82) is 5.26 Å². The molecule has 11 heavy (non-hydrogen) atoms. The fourth-order valence-electron chi connectivity index (χ4n) is 0.892. The summed E-state index contributed by atoms with van der Waals surface area (Å²) < 4.78 is 0. The Bertz CT molecular complexity index is 65.2. The third kappa shape index (κ3) is 17.7. The SMILES string of the molecule is C#N.CCCCCCCCO. The maximum atomic E-state index is 8.42. The van der Waals surface area contributed by atoms with Crippen LogP contribution in [0.15, 0.2) is 0 Å². The Morgan fingerprint density at radius 3 is 1.91 bits per heavy atom. The van der Waals surface area contributed by atoms with E-state index < -0.39 is 0 Å². The summed E-state index contributed by atoms with van der Waals surface area (Å²) in [5, 5.41) is 14.9. The predicted octanol–water partition coefficient (Wildman–Crippen LogP) is 2.48. The molecule has 0 saturated heterocycles. The molecule has 0 radical (unpaired) electrons. The number of nitrogens with zero attached hydrogens (tertiary/aromatic N) is 1. The maximum absolute atomic E-state index is 8.42. The zero-order valence-electron chi connectivity index (χ0n) is 7.42. The van der Waals surface area contributed by atoms with Gasteiger partial charge in [0.2, 0.25) is 0 Å². The van der Waals surface area contributed by atoms with E-state index in [1.807, 2.05) is 0 Å². The summed E-state index contributed by atoms with van der Waals surface area (Å²) >= 11 is 0. The minimum Gasteiger partial charge on any atom is -0.396 e. The van der Waals surface area contributed by atoms with Crippen LogP contribution in [-0.2, 0) is 0 Å². The van der Waals surface area contributed by atoms with E-state index in [1.165, 1.54) is 32.1 Å². The zero-order chi connectivity index (χ0) is 8.95. The molecule has 0 aliphatic carbocycles. The normalized spacial score (nSPS) is 8.36. The van der Waals surface area contributed by atoms with Crippen LogP contribution in [0.1, 0.15) is 45.4 Å². The molecule has 0 aliphatic rings. The molecular weight excluding hydrogens is 138 g/mol. The maximum Gasteiger partial charge on any atom is 0.0462 e. The van der Waals surface area contributed by atoms with E-state index in [2.05, 4.69) is 13.5 Å². The Kier molecular flexibility index (Phi) is 19.3. The van der Waals surface area contributed by atoms with Gasteiger partial charge < -0.3 is 5.11 Å². The van der Waals surface area contributed by atoms with E-state index in [1.54, 1.807) is 0 Å². The molecule has 1 N–H and O–H groups in total. The lowest BCUT2D eigenvalue weighted by Gasteiger charge is -1.95. The minimum atomic E-state index is 0.367. The third-order valence-electron chi connectivity index (χ3n) is 1.51. The van der Waals surface area contributed by atoms with Gasteiger partial charge in [-0.3, -0.25) is 0 Å². The van der Waals surface area contributed by atoms with Gasteiger partial charge in [-0.05, 0) is 6.42 Å². The van der Waals surface area contributed by atoms with Crippen molar-refractivity contribution in [2.75, 3.05) is 6.61 Å². The van der Waals surface area contributed by atoms with E-state index in [0.29, 0.717) is 6.61 Å². The predicted molar refractivity (Wildman–Crippen MR) is 47.1 cm³/mol. The first-order valence-corrected chi connectivity index (χ1v) is 4.28. The van der Waals surface area contributed by atoms with Gasteiger partial charge in [0, 0.05) is 13.2 Å². The Morgan fingerprint density at radius 1 is 1.00 bits per heavy atom. The highest BCUT2D eigenvalue weighted by Gasteiger charge is 1.86. The molecule has 0 heterocycles. The monoisotopic (exact) mass is 157 g/mol. The topological polar surface area (TPSA) is 44.0 Å². The lowest BCUT2D eigenvalue weighted by molar-refractivity contribution is 0.282. The molecule has 2 heteroatoms. The minimum absolute atomic E-state index is 0.367. The largest absolute Gasteiger partial charge is 0.396 e.